The Bertz CT molecular complexity index is 1960. The second-order valence-corrected chi connectivity index (χ2v) is 15.2. The van der Waals surface area contributed by atoms with Crippen molar-refractivity contribution in [3.8, 4) is 17.2 Å². The van der Waals surface area contributed by atoms with Gasteiger partial charge in [0.1, 0.15) is 29.9 Å². The maximum absolute atomic E-state index is 13.1. The van der Waals surface area contributed by atoms with E-state index in [1.807, 2.05) is 30.3 Å². The van der Waals surface area contributed by atoms with E-state index in [0.717, 1.165) is 56.0 Å². The number of nitrogens with one attached hydrogen (secondary N) is 1. The summed E-state index contributed by atoms with van der Waals surface area (Å²) in [5, 5.41) is 13.0. The molecule has 8 heteroatoms. The third-order valence-electron chi connectivity index (χ3n) is 11.7. The van der Waals surface area contributed by atoms with Crippen LogP contribution in [-0.2, 0) is 17.8 Å². The van der Waals surface area contributed by atoms with E-state index >= 15 is 0 Å². The highest BCUT2D eigenvalue weighted by molar-refractivity contribution is 6.01. The molecule has 4 aromatic carbocycles. The number of phenolic OH excluding ortho intramolecular Hbond substituents is 1. The fourth-order valence-corrected chi connectivity index (χ4v) is 9.00. The molecule has 274 valence electrons. The molecule has 4 atom stereocenters. The van der Waals surface area contributed by atoms with Crippen molar-refractivity contribution in [2.24, 2.45) is 5.92 Å². The third kappa shape index (κ3) is 7.70. The number of benzene rings is 4. The largest absolute Gasteiger partial charge is 0.508 e. The van der Waals surface area contributed by atoms with Crippen LogP contribution in [0.4, 0.5) is 0 Å². The molecule has 4 aromatic rings. The van der Waals surface area contributed by atoms with E-state index in [4.69, 9.17) is 9.47 Å². The van der Waals surface area contributed by atoms with Crippen molar-refractivity contribution in [3.05, 3.63) is 137 Å². The zero-order valence-electron chi connectivity index (χ0n) is 30.3. The van der Waals surface area contributed by atoms with Crippen LogP contribution in [0, 0.1) is 5.92 Å². The van der Waals surface area contributed by atoms with E-state index in [1.165, 1.54) is 35.1 Å². The van der Waals surface area contributed by atoms with E-state index in [2.05, 4.69) is 77.5 Å². The van der Waals surface area contributed by atoms with Gasteiger partial charge in [0.2, 0.25) is 5.91 Å². The molecule has 2 amide bonds. The number of hydrogen-bond acceptors (Lipinski definition) is 6. The molecule has 4 aliphatic rings. The Morgan fingerprint density at radius 1 is 0.811 bits per heavy atom. The van der Waals surface area contributed by atoms with Gasteiger partial charge in [-0.3, -0.25) is 14.5 Å². The van der Waals surface area contributed by atoms with Gasteiger partial charge in [-0.05, 0) is 134 Å². The lowest BCUT2D eigenvalue weighted by Crippen LogP contribution is -2.49. The third-order valence-corrected chi connectivity index (χ3v) is 11.7. The van der Waals surface area contributed by atoms with Gasteiger partial charge in [-0.25, -0.2) is 0 Å². The van der Waals surface area contributed by atoms with Crippen LogP contribution < -0.4 is 14.8 Å². The molecular formula is C45H49N3O5. The number of hydrogen-bond donors (Lipinski definition) is 2. The minimum absolute atomic E-state index is 0.0901. The molecule has 0 spiro atoms. The van der Waals surface area contributed by atoms with Crippen molar-refractivity contribution in [1.29, 1.82) is 0 Å². The average Bonchev–Trinajstić information content (AvgIpc) is 3.50. The van der Waals surface area contributed by atoms with Gasteiger partial charge in [0.05, 0.1) is 6.61 Å². The van der Waals surface area contributed by atoms with E-state index in [0.29, 0.717) is 61.4 Å². The molecule has 2 N–H and O–H groups in total. The number of aromatic hydroxyl groups is 1. The van der Waals surface area contributed by atoms with Crippen LogP contribution in [0.25, 0.3) is 0 Å². The molecule has 0 radical (unpaired) electrons. The lowest BCUT2D eigenvalue weighted by Gasteiger charge is -2.35. The molecule has 3 aliphatic heterocycles. The second-order valence-electron chi connectivity index (χ2n) is 15.2. The smallest absolute Gasteiger partial charge is 0.255 e. The summed E-state index contributed by atoms with van der Waals surface area (Å²) in [6.45, 7) is 8.55. The van der Waals surface area contributed by atoms with Crippen LogP contribution >= 0.6 is 0 Å². The average molecular weight is 712 g/mol. The van der Waals surface area contributed by atoms with E-state index < -0.39 is 6.04 Å². The summed E-state index contributed by atoms with van der Waals surface area (Å²) < 4.78 is 12.5. The summed E-state index contributed by atoms with van der Waals surface area (Å²) in [7, 11) is 0. The maximum Gasteiger partial charge on any atom is 0.255 e. The van der Waals surface area contributed by atoms with Crippen molar-refractivity contribution in [1.82, 2.24) is 15.1 Å². The van der Waals surface area contributed by atoms with Crippen LogP contribution in [0.3, 0.4) is 0 Å². The van der Waals surface area contributed by atoms with Crippen molar-refractivity contribution in [2.45, 2.75) is 69.4 Å². The number of ether oxygens (including phenoxy) is 2. The first-order valence-electron chi connectivity index (χ1n) is 19.3. The molecular weight excluding hydrogens is 663 g/mol. The van der Waals surface area contributed by atoms with Gasteiger partial charge in [0, 0.05) is 36.8 Å². The number of aryl methyl sites for hydroxylation is 1. The lowest BCUT2D eigenvalue weighted by molar-refractivity contribution is -0.126. The van der Waals surface area contributed by atoms with E-state index in [1.54, 1.807) is 4.90 Å². The molecule has 0 unspecified atom stereocenters. The molecule has 3 heterocycles. The minimum Gasteiger partial charge on any atom is -0.508 e. The number of likely N-dealkylation sites (tertiary alicyclic amines) is 1. The summed E-state index contributed by atoms with van der Waals surface area (Å²) in [6, 6.07) is 30.5. The Hall–Kier alpha value is -5.08. The molecule has 0 saturated carbocycles. The normalized spacial score (nSPS) is 22.9. The SMILES string of the molecule is C=C1CC[C@H](N2Cc3cc(OCC[C@H]4CCCN(CCOc5ccc([C@H]6c7ccc(O)cc7CC[C@H]6c6ccccc6)cc5)C4)ccc3C2=O)C(=O)N1. The van der Waals surface area contributed by atoms with Gasteiger partial charge >= 0.3 is 0 Å². The molecule has 0 bridgehead atoms. The molecule has 2 fully saturated rings. The number of piperidine rings is 2. The quantitative estimate of drug-likeness (QED) is 0.167. The predicted molar refractivity (Wildman–Crippen MR) is 205 cm³/mol. The molecule has 2 saturated heterocycles. The number of carbonyl (C=O) groups is 2. The van der Waals surface area contributed by atoms with Crippen molar-refractivity contribution in [2.75, 3.05) is 32.8 Å². The van der Waals surface area contributed by atoms with E-state index in [-0.39, 0.29) is 17.7 Å². The number of phenols is 1. The second kappa shape index (κ2) is 15.5. The first kappa shape index (κ1) is 35.0. The summed E-state index contributed by atoms with van der Waals surface area (Å²) in [5.74, 6) is 2.92. The zero-order valence-corrected chi connectivity index (χ0v) is 30.3. The van der Waals surface area contributed by atoms with Gasteiger partial charge in [-0.1, -0.05) is 55.1 Å². The Morgan fingerprint density at radius 3 is 2.45 bits per heavy atom. The first-order valence-corrected chi connectivity index (χ1v) is 19.3. The number of nitrogens with zero attached hydrogens (tertiary/aromatic N) is 2. The Balaban J connectivity index is 0.811. The highest BCUT2D eigenvalue weighted by Crippen LogP contribution is 2.47. The molecule has 53 heavy (non-hydrogen) atoms. The summed E-state index contributed by atoms with van der Waals surface area (Å²) >= 11 is 0. The van der Waals surface area contributed by atoms with Gasteiger partial charge in [0.15, 0.2) is 0 Å². The standard InChI is InChI=1S/C45H49N3O5/c1-30-9-20-42(44(50)46-30)48-29-35-27-38(16-19-41(35)45(48)51)52-24-21-31-6-5-22-47(28-31)23-25-53-37-14-10-33(11-15-37)43-39(32-7-3-2-4-8-32)17-12-34-26-36(49)13-18-40(34)43/h2-4,7-8,10-11,13-16,18-19,26-27,31,39,42-43,49H,1,5-6,9,12,17,20-25,28-29H2,(H,46,50)/t31-,39+,42+,43-/m1/s1. The van der Waals surface area contributed by atoms with Gasteiger partial charge in [-0.15, -0.1) is 0 Å². The Labute approximate surface area is 312 Å². The van der Waals surface area contributed by atoms with Crippen LogP contribution in [-0.4, -0.2) is 65.6 Å². The number of rotatable bonds is 11. The molecule has 8 nitrogen and oxygen atoms in total. The molecule has 0 aromatic heterocycles. The van der Waals surface area contributed by atoms with Gasteiger partial charge < -0.3 is 24.8 Å². The van der Waals surface area contributed by atoms with Crippen LogP contribution in [0.1, 0.15) is 88.5 Å². The first-order chi connectivity index (χ1) is 25.9. The highest BCUT2D eigenvalue weighted by Gasteiger charge is 2.38. The van der Waals surface area contributed by atoms with Crippen molar-refractivity contribution < 1.29 is 24.2 Å². The fourth-order valence-electron chi connectivity index (χ4n) is 9.00. The predicted octanol–water partition coefficient (Wildman–Crippen LogP) is 7.56. The van der Waals surface area contributed by atoms with Gasteiger partial charge in [-0.2, -0.15) is 0 Å². The number of fused-ring (bicyclic) bond motifs is 2. The van der Waals surface area contributed by atoms with Crippen LogP contribution in [0.15, 0.2) is 103 Å². The summed E-state index contributed by atoms with van der Waals surface area (Å²) in [5.41, 5.74) is 7.46. The number of carbonyl (C=O) groups excluding carboxylic acids is 2. The van der Waals surface area contributed by atoms with Gasteiger partial charge in [0.25, 0.3) is 5.91 Å². The summed E-state index contributed by atoms with van der Waals surface area (Å²) in [6.07, 6.45) is 6.63. The van der Waals surface area contributed by atoms with Crippen molar-refractivity contribution in [3.63, 3.8) is 0 Å². The van der Waals surface area contributed by atoms with Crippen molar-refractivity contribution >= 4 is 11.8 Å². The van der Waals surface area contributed by atoms with E-state index in [9.17, 15) is 14.7 Å². The van der Waals surface area contributed by atoms with Crippen LogP contribution in [0.2, 0.25) is 0 Å². The number of allylic oxidation sites excluding steroid dienone is 1. The molecule has 1 aliphatic carbocycles. The molecule has 8 rings (SSSR count). The Kier molecular flexibility index (Phi) is 10.2. The summed E-state index contributed by atoms with van der Waals surface area (Å²) in [4.78, 5) is 29.8. The lowest BCUT2D eigenvalue weighted by atomic mass is 9.69. The zero-order chi connectivity index (χ0) is 36.3. The minimum atomic E-state index is -0.458. The highest BCUT2D eigenvalue weighted by atomic mass is 16.5. The Morgan fingerprint density at radius 2 is 1.62 bits per heavy atom. The maximum atomic E-state index is 13.1. The monoisotopic (exact) mass is 711 g/mol. The topological polar surface area (TPSA) is 91.3 Å². The number of amides is 2. The fraction of sp³-hybridized carbons (Fsp3) is 0.378. The van der Waals surface area contributed by atoms with Crippen LogP contribution in [0.5, 0.6) is 17.2 Å².